The molecule has 3 amide bonds. The number of benzene rings is 2. The summed E-state index contributed by atoms with van der Waals surface area (Å²) in [5.74, 6) is -0.437. The fourth-order valence-electron chi connectivity index (χ4n) is 3.97. The summed E-state index contributed by atoms with van der Waals surface area (Å²) < 4.78 is 5.39. The Morgan fingerprint density at radius 1 is 1.12 bits per heavy atom. The fourth-order valence-corrected chi connectivity index (χ4v) is 3.97. The number of nitrogens with zero attached hydrogens (tertiary/aromatic N) is 3. The van der Waals surface area contributed by atoms with Crippen molar-refractivity contribution in [3.63, 3.8) is 0 Å². The smallest absolute Gasteiger partial charge is 0.271 e. The Hall–Kier alpha value is -3.95. The second-order valence-corrected chi connectivity index (χ2v) is 8.88. The minimum Gasteiger partial charge on any atom is -0.482 e. The molecule has 0 spiro atoms. The molecular formula is C24H24N4O6. The lowest BCUT2D eigenvalue weighted by atomic mass is 10.1. The monoisotopic (exact) mass is 464 g/mol. The number of nitrogens with one attached hydrogen (secondary N) is 1. The first-order valence-electron chi connectivity index (χ1n) is 11.3. The van der Waals surface area contributed by atoms with Gasteiger partial charge in [-0.2, -0.15) is 0 Å². The molecule has 34 heavy (non-hydrogen) atoms. The first kappa shape index (κ1) is 21.9. The van der Waals surface area contributed by atoms with E-state index in [2.05, 4.69) is 5.32 Å². The van der Waals surface area contributed by atoms with E-state index in [9.17, 15) is 24.5 Å². The van der Waals surface area contributed by atoms with E-state index in [0.29, 0.717) is 17.9 Å². The van der Waals surface area contributed by atoms with Gasteiger partial charge in [-0.1, -0.05) is 12.1 Å². The van der Waals surface area contributed by atoms with Crippen molar-refractivity contribution in [1.29, 1.82) is 0 Å². The number of anilines is 1. The average Bonchev–Trinajstić information content (AvgIpc) is 3.75. The highest BCUT2D eigenvalue weighted by molar-refractivity contribution is 6.02. The summed E-state index contributed by atoms with van der Waals surface area (Å²) in [6.45, 7) is -0.102. The zero-order valence-electron chi connectivity index (χ0n) is 18.4. The van der Waals surface area contributed by atoms with Crippen molar-refractivity contribution >= 4 is 29.1 Å². The summed E-state index contributed by atoms with van der Waals surface area (Å²) in [5, 5.41) is 14.1. The molecule has 2 aliphatic carbocycles. The maximum Gasteiger partial charge on any atom is 0.271 e. The molecule has 1 heterocycles. The van der Waals surface area contributed by atoms with Gasteiger partial charge in [-0.3, -0.25) is 29.4 Å². The quantitative estimate of drug-likeness (QED) is 0.473. The molecule has 5 rings (SSSR count). The van der Waals surface area contributed by atoms with Gasteiger partial charge in [0.25, 0.3) is 17.5 Å². The lowest BCUT2D eigenvalue weighted by molar-refractivity contribution is -0.384. The van der Waals surface area contributed by atoms with Crippen LogP contribution >= 0.6 is 0 Å². The number of nitro benzene ring substituents is 1. The summed E-state index contributed by atoms with van der Waals surface area (Å²) >= 11 is 0. The van der Waals surface area contributed by atoms with Crippen LogP contribution in [0.2, 0.25) is 0 Å². The van der Waals surface area contributed by atoms with Crippen LogP contribution in [0.15, 0.2) is 42.5 Å². The van der Waals surface area contributed by atoms with Crippen molar-refractivity contribution in [2.75, 3.05) is 18.1 Å². The second kappa shape index (κ2) is 8.77. The van der Waals surface area contributed by atoms with Crippen molar-refractivity contribution in [2.24, 2.45) is 0 Å². The largest absolute Gasteiger partial charge is 0.482 e. The van der Waals surface area contributed by atoms with Gasteiger partial charge < -0.3 is 15.0 Å². The number of fused-ring (bicyclic) bond motifs is 1. The molecule has 0 bridgehead atoms. The zero-order valence-corrected chi connectivity index (χ0v) is 18.4. The number of non-ortho nitro benzene ring substituents is 1. The fraction of sp³-hybridized carbons (Fsp3) is 0.375. The second-order valence-electron chi connectivity index (χ2n) is 8.88. The number of hydrogen-bond donors (Lipinski definition) is 1. The Morgan fingerprint density at radius 3 is 2.50 bits per heavy atom. The Bertz CT molecular complexity index is 1160. The molecule has 0 unspecified atom stereocenters. The Kier molecular flexibility index (Phi) is 5.64. The normalized spacial score (nSPS) is 16.9. The molecule has 10 nitrogen and oxygen atoms in total. The minimum atomic E-state index is -0.551. The topological polar surface area (TPSA) is 122 Å². The van der Waals surface area contributed by atoms with Crippen LogP contribution in [-0.4, -0.2) is 52.8 Å². The van der Waals surface area contributed by atoms with Crippen LogP contribution < -0.4 is 15.0 Å². The van der Waals surface area contributed by atoms with Crippen molar-refractivity contribution in [3.05, 3.63) is 63.7 Å². The predicted octanol–water partition coefficient (Wildman–Crippen LogP) is 2.40. The van der Waals surface area contributed by atoms with E-state index in [0.717, 1.165) is 31.2 Å². The predicted molar refractivity (Wildman–Crippen MR) is 121 cm³/mol. The van der Waals surface area contributed by atoms with Crippen LogP contribution in [0.4, 0.5) is 11.4 Å². The van der Waals surface area contributed by atoms with Gasteiger partial charge in [0.15, 0.2) is 6.61 Å². The molecule has 2 fully saturated rings. The van der Waals surface area contributed by atoms with E-state index in [1.54, 1.807) is 17.0 Å². The van der Waals surface area contributed by atoms with E-state index in [-0.39, 0.29) is 48.4 Å². The van der Waals surface area contributed by atoms with Crippen molar-refractivity contribution in [1.82, 2.24) is 10.2 Å². The molecule has 176 valence electrons. The molecule has 0 radical (unpaired) electrons. The summed E-state index contributed by atoms with van der Waals surface area (Å²) in [6.07, 6.45) is 3.80. The third-order valence-electron chi connectivity index (χ3n) is 6.18. The maximum atomic E-state index is 13.3. The Labute approximate surface area is 195 Å². The molecule has 10 heteroatoms. The van der Waals surface area contributed by atoms with Crippen LogP contribution in [-0.2, 0) is 16.1 Å². The molecule has 0 aromatic heterocycles. The van der Waals surface area contributed by atoms with E-state index in [4.69, 9.17) is 4.74 Å². The molecular weight excluding hydrogens is 440 g/mol. The van der Waals surface area contributed by atoms with Gasteiger partial charge >= 0.3 is 0 Å². The lowest BCUT2D eigenvalue weighted by Gasteiger charge is -2.31. The number of hydrogen-bond acceptors (Lipinski definition) is 6. The summed E-state index contributed by atoms with van der Waals surface area (Å²) in [7, 11) is 0. The summed E-state index contributed by atoms with van der Waals surface area (Å²) in [6, 6.07) is 11.6. The highest BCUT2D eigenvalue weighted by Gasteiger charge is 2.36. The highest BCUT2D eigenvalue weighted by atomic mass is 16.6. The van der Waals surface area contributed by atoms with E-state index in [1.807, 2.05) is 12.1 Å². The van der Waals surface area contributed by atoms with Gasteiger partial charge in [0.05, 0.1) is 10.6 Å². The van der Waals surface area contributed by atoms with Crippen molar-refractivity contribution < 1.29 is 24.0 Å². The minimum absolute atomic E-state index is 0.0889. The van der Waals surface area contributed by atoms with Crippen LogP contribution in [0.5, 0.6) is 5.75 Å². The van der Waals surface area contributed by atoms with E-state index >= 15 is 0 Å². The van der Waals surface area contributed by atoms with Gasteiger partial charge in [0, 0.05) is 36.3 Å². The van der Waals surface area contributed by atoms with Crippen LogP contribution in [0.25, 0.3) is 0 Å². The van der Waals surface area contributed by atoms with Gasteiger partial charge in [-0.15, -0.1) is 0 Å². The SMILES string of the molecule is O=C(NC1CC1)c1ccc(CN(C(=O)CN2C(=O)COc3ccc([N+](=O)[O-])cc32)C2CC2)cc1. The van der Waals surface area contributed by atoms with Gasteiger partial charge in [0.1, 0.15) is 12.3 Å². The first-order valence-corrected chi connectivity index (χ1v) is 11.3. The van der Waals surface area contributed by atoms with Crippen molar-refractivity contribution in [3.8, 4) is 5.75 Å². The number of ether oxygens (including phenoxy) is 1. The molecule has 2 saturated carbocycles. The molecule has 0 saturated heterocycles. The molecule has 1 N–H and O–H groups in total. The molecule has 2 aromatic rings. The molecule has 0 atom stereocenters. The summed E-state index contributed by atoms with van der Waals surface area (Å²) in [4.78, 5) is 51.7. The van der Waals surface area contributed by atoms with E-state index in [1.165, 1.54) is 23.1 Å². The number of carbonyl (C=O) groups is 3. The number of nitro groups is 1. The maximum absolute atomic E-state index is 13.3. The molecule has 2 aromatic carbocycles. The van der Waals surface area contributed by atoms with E-state index < -0.39 is 10.8 Å². The third kappa shape index (κ3) is 4.70. The standard InChI is InChI=1S/C24H24N4O6/c29-22(13-27-20-11-19(28(32)33)9-10-21(20)34-14-23(27)30)26(18-7-8-18)12-15-1-3-16(4-2-15)24(31)25-17-5-6-17/h1-4,9-11,17-18H,5-8,12-14H2,(H,25,31). The highest BCUT2D eigenvalue weighted by Crippen LogP contribution is 2.36. The van der Waals surface area contributed by atoms with Crippen LogP contribution in [0.1, 0.15) is 41.6 Å². The van der Waals surface area contributed by atoms with Gasteiger partial charge in [-0.05, 0) is 49.4 Å². The first-order chi connectivity index (χ1) is 16.4. The lowest BCUT2D eigenvalue weighted by Crippen LogP contribution is -2.46. The van der Waals surface area contributed by atoms with Gasteiger partial charge in [0.2, 0.25) is 5.91 Å². The number of carbonyl (C=O) groups excluding carboxylic acids is 3. The average molecular weight is 464 g/mol. The Morgan fingerprint density at radius 2 is 1.85 bits per heavy atom. The van der Waals surface area contributed by atoms with Crippen molar-refractivity contribution in [2.45, 2.75) is 44.3 Å². The summed E-state index contributed by atoms with van der Waals surface area (Å²) in [5.41, 5.74) is 1.50. The number of amides is 3. The Balaban J connectivity index is 1.30. The molecule has 1 aliphatic heterocycles. The van der Waals surface area contributed by atoms with Crippen LogP contribution in [0.3, 0.4) is 0 Å². The third-order valence-corrected chi connectivity index (χ3v) is 6.18. The zero-order chi connectivity index (χ0) is 23.8. The van der Waals surface area contributed by atoms with Crippen LogP contribution in [0, 0.1) is 10.1 Å². The molecule has 3 aliphatic rings. The number of rotatable bonds is 8. The van der Waals surface area contributed by atoms with Gasteiger partial charge in [-0.25, -0.2) is 0 Å².